The van der Waals surface area contributed by atoms with Gasteiger partial charge in [-0.05, 0) is 43.7 Å². The van der Waals surface area contributed by atoms with Gasteiger partial charge in [-0.25, -0.2) is 8.78 Å². The van der Waals surface area contributed by atoms with Gasteiger partial charge in [-0.1, -0.05) is 18.0 Å². The molecule has 0 saturated heterocycles. The minimum absolute atomic E-state index is 0.0223. The molecule has 1 aliphatic rings. The molecule has 0 unspecified atom stereocenters. The summed E-state index contributed by atoms with van der Waals surface area (Å²) in [6, 6.07) is 6.10. The van der Waals surface area contributed by atoms with Gasteiger partial charge in [0.15, 0.2) is 5.82 Å². The number of anilines is 1. The first-order chi connectivity index (χ1) is 17.2. The van der Waals surface area contributed by atoms with E-state index < -0.39 is 17.2 Å². The van der Waals surface area contributed by atoms with Gasteiger partial charge in [-0.3, -0.25) is 9.67 Å². The maximum atomic E-state index is 14.5. The van der Waals surface area contributed by atoms with Gasteiger partial charge in [-0.2, -0.15) is 5.10 Å². The number of allylic oxidation sites excluding steroid dienone is 4. The molecule has 0 amide bonds. The minimum atomic E-state index is -0.877. The fourth-order valence-corrected chi connectivity index (χ4v) is 4.16. The van der Waals surface area contributed by atoms with Crippen molar-refractivity contribution in [3.05, 3.63) is 89.7 Å². The Kier molecular flexibility index (Phi) is 7.37. The summed E-state index contributed by atoms with van der Waals surface area (Å²) in [6.07, 6.45) is 13.2. The van der Waals surface area contributed by atoms with Gasteiger partial charge in [-0.15, -0.1) is 0 Å². The molecule has 7 nitrogen and oxygen atoms in total. The maximum Gasteiger partial charge on any atom is 0.152 e. The summed E-state index contributed by atoms with van der Waals surface area (Å²) in [5, 5.41) is 25.6. The Morgan fingerprint density at radius 1 is 1.19 bits per heavy atom. The monoisotopic (exact) mass is 508 g/mol. The van der Waals surface area contributed by atoms with Gasteiger partial charge >= 0.3 is 0 Å². The van der Waals surface area contributed by atoms with E-state index in [9.17, 15) is 13.9 Å². The van der Waals surface area contributed by atoms with Crippen molar-refractivity contribution < 1.29 is 13.9 Å². The minimum Gasteiger partial charge on any atom is -0.389 e. The molecule has 3 aromatic rings. The summed E-state index contributed by atoms with van der Waals surface area (Å²) in [4.78, 5) is 3.94. The largest absolute Gasteiger partial charge is 0.389 e. The Balaban J connectivity index is 1.67. The van der Waals surface area contributed by atoms with Crippen molar-refractivity contribution in [1.29, 1.82) is 5.41 Å². The van der Waals surface area contributed by atoms with E-state index >= 15 is 0 Å². The number of hydrogen-bond acceptors (Lipinski definition) is 7. The number of rotatable bonds is 8. The van der Waals surface area contributed by atoms with Crippen molar-refractivity contribution in [3.63, 3.8) is 0 Å². The van der Waals surface area contributed by atoms with Crippen LogP contribution in [0.15, 0.2) is 66.9 Å². The zero-order chi connectivity index (χ0) is 25.9. The Morgan fingerprint density at radius 2 is 2.00 bits per heavy atom. The molecule has 0 saturated carbocycles. The SMILES string of the molecule is CSNc1cc(/C(C=N)=C2\C=CC(c3cnn(CC(C)(C)O)c3)=CN2)cc(-c2ncc(F)cc2F)c1. The molecule has 0 radical (unpaired) electrons. The van der Waals surface area contributed by atoms with Crippen LogP contribution in [-0.2, 0) is 6.54 Å². The fraction of sp³-hybridized carbons (Fsp3) is 0.192. The molecule has 0 fully saturated rings. The van der Waals surface area contributed by atoms with Crippen LogP contribution in [0.25, 0.3) is 22.4 Å². The normalized spacial score (nSPS) is 14.8. The number of pyridine rings is 1. The molecular formula is C26H26F2N6OS. The van der Waals surface area contributed by atoms with Gasteiger partial charge in [0.2, 0.25) is 0 Å². The second-order valence-corrected chi connectivity index (χ2v) is 9.49. The first-order valence-corrected chi connectivity index (χ1v) is 12.3. The third-order valence-corrected chi connectivity index (χ3v) is 5.75. The molecule has 10 heteroatoms. The fourth-order valence-electron chi connectivity index (χ4n) is 3.81. The molecule has 36 heavy (non-hydrogen) atoms. The molecule has 2 aromatic heterocycles. The number of hydrogen-bond donors (Lipinski definition) is 4. The molecule has 0 bridgehead atoms. The quantitative estimate of drug-likeness (QED) is 0.245. The van der Waals surface area contributed by atoms with E-state index in [1.54, 1.807) is 36.9 Å². The highest BCUT2D eigenvalue weighted by atomic mass is 32.2. The Bertz CT molecular complexity index is 1390. The number of dihydropyridines is 1. The van der Waals surface area contributed by atoms with Crippen molar-refractivity contribution in [1.82, 2.24) is 20.1 Å². The number of nitrogens with zero attached hydrogens (tertiary/aromatic N) is 3. The highest BCUT2D eigenvalue weighted by Crippen LogP contribution is 2.31. The second kappa shape index (κ2) is 10.5. The molecule has 1 aliphatic heterocycles. The van der Waals surface area contributed by atoms with E-state index in [2.05, 4.69) is 20.1 Å². The average molecular weight is 509 g/mol. The van der Waals surface area contributed by atoms with Crippen LogP contribution in [0.3, 0.4) is 0 Å². The van der Waals surface area contributed by atoms with E-state index in [4.69, 9.17) is 5.41 Å². The van der Waals surface area contributed by atoms with E-state index in [1.165, 1.54) is 18.2 Å². The second-order valence-electron chi connectivity index (χ2n) is 8.88. The van der Waals surface area contributed by atoms with Gasteiger partial charge < -0.3 is 20.6 Å². The van der Waals surface area contributed by atoms with Crippen molar-refractivity contribution in [2.75, 3.05) is 11.0 Å². The summed E-state index contributed by atoms with van der Waals surface area (Å²) in [6.45, 7) is 3.81. The van der Waals surface area contributed by atoms with E-state index in [1.807, 2.05) is 36.9 Å². The van der Waals surface area contributed by atoms with Crippen molar-refractivity contribution in [2.24, 2.45) is 0 Å². The van der Waals surface area contributed by atoms with Gasteiger partial charge in [0, 0.05) is 64.6 Å². The van der Waals surface area contributed by atoms with Gasteiger partial charge in [0.1, 0.15) is 11.5 Å². The highest BCUT2D eigenvalue weighted by Gasteiger charge is 2.17. The first-order valence-electron chi connectivity index (χ1n) is 11.1. The molecule has 186 valence electrons. The lowest BCUT2D eigenvalue weighted by Gasteiger charge is -2.17. The van der Waals surface area contributed by atoms with Crippen LogP contribution >= 0.6 is 11.9 Å². The zero-order valence-corrected chi connectivity index (χ0v) is 20.8. The lowest BCUT2D eigenvalue weighted by molar-refractivity contribution is 0.0577. The molecule has 3 heterocycles. The van der Waals surface area contributed by atoms with E-state index in [0.29, 0.717) is 34.6 Å². The zero-order valence-electron chi connectivity index (χ0n) is 20.0. The number of nitrogens with one attached hydrogen (secondary N) is 3. The summed E-state index contributed by atoms with van der Waals surface area (Å²) in [7, 11) is 0. The predicted molar refractivity (Wildman–Crippen MR) is 141 cm³/mol. The van der Waals surface area contributed by atoms with Crippen molar-refractivity contribution in [2.45, 2.75) is 26.0 Å². The average Bonchev–Trinajstić information content (AvgIpc) is 3.27. The van der Waals surface area contributed by atoms with Gasteiger partial charge in [0.25, 0.3) is 0 Å². The molecule has 0 spiro atoms. The van der Waals surface area contributed by atoms with Crippen molar-refractivity contribution >= 4 is 35.0 Å². The van der Waals surface area contributed by atoms with Crippen LogP contribution in [0, 0.1) is 17.0 Å². The molecule has 0 atom stereocenters. The molecular weight excluding hydrogens is 482 g/mol. The Hall–Kier alpha value is -3.76. The topological polar surface area (TPSA) is 98.9 Å². The summed E-state index contributed by atoms with van der Waals surface area (Å²) >= 11 is 1.37. The van der Waals surface area contributed by atoms with Crippen LogP contribution in [0.4, 0.5) is 14.5 Å². The molecule has 1 aromatic carbocycles. The Morgan fingerprint density at radius 3 is 2.64 bits per heavy atom. The summed E-state index contributed by atoms with van der Waals surface area (Å²) < 4.78 is 32.7. The lowest BCUT2D eigenvalue weighted by atomic mass is 9.97. The number of benzene rings is 1. The summed E-state index contributed by atoms with van der Waals surface area (Å²) in [5.41, 5.74) is 3.97. The van der Waals surface area contributed by atoms with Crippen LogP contribution in [-0.4, -0.2) is 37.9 Å². The maximum absolute atomic E-state index is 14.5. The third kappa shape index (κ3) is 5.89. The smallest absolute Gasteiger partial charge is 0.152 e. The van der Waals surface area contributed by atoms with E-state index in [0.717, 1.165) is 23.4 Å². The standard InChI is InChI=1S/C26H26F2N6OS/c1-26(2,35)15-34-14-19(12-32-34)16-4-5-24(30-11-16)22(10-29)17-6-18(8-21(7-17)33-36-3)25-23(28)9-20(27)13-31-25/h4-14,29-30,33,35H,15H2,1-3H3/b24-22+,29-10?. The third-order valence-electron chi connectivity index (χ3n) is 5.31. The van der Waals surface area contributed by atoms with E-state index in [-0.39, 0.29) is 5.69 Å². The van der Waals surface area contributed by atoms with Gasteiger partial charge in [0.05, 0.1) is 24.5 Å². The van der Waals surface area contributed by atoms with Crippen LogP contribution < -0.4 is 10.0 Å². The number of aromatic nitrogens is 3. The molecule has 0 aliphatic carbocycles. The van der Waals surface area contributed by atoms with Crippen molar-refractivity contribution in [3.8, 4) is 11.3 Å². The predicted octanol–water partition coefficient (Wildman–Crippen LogP) is 5.25. The lowest BCUT2D eigenvalue weighted by Crippen LogP contribution is -2.26. The molecule has 4 rings (SSSR count). The summed E-state index contributed by atoms with van der Waals surface area (Å²) in [5.74, 6) is -1.51. The number of halogens is 2. The van der Waals surface area contributed by atoms with Crippen LogP contribution in [0.2, 0.25) is 0 Å². The first kappa shape index (κ1) is 25.3. The molecule has 4 N–H and O–H groups in total. The van der Waals surface area contributed by atoms with Crippen LogP contribution in [0.1, 0.15) is 25.0 Å². The highest BCUT2D eigenvalue weighted by molar-refractivity contribution is 7.99. The number of aliphatic hydroxyl groups is 1. The van der Waals surface area contributed by atoms with Crippen LogP contribution in [0.5, 0.6) is 0 Å². The Labute approximate surface area is 212 Å².